The van der Waals surface area contributed by atoms with Crippen LogP contribution in [0, 0.1) is 11.8 Å². The summed E-state index contributed by atoms with van der Waals surface area (Å²) in [6.07, 6.45) is 68.2. The van der Waals surface area contributed by atoms with Crippen molar-refractivity contribution in [2.24, 2.45) is 11.8 Å². The Morgan fingerprint density at radius 3 is 0.654 bits per heavy atom. The molecule has 0 aromatic rings. The maximum atomic E-state index is 13.1. The Labute approximate surface area is 638 Å². The van der Waals surface area contributed by atoms with Gasteiger partial charge >= 0.3 is 39.5 Å². The number of esters is 4. The lowest BCUT2D eigenvalue weighted by Crippen LogP contribution is -2.30. The van der Waals surface area contributed by atoms with Gasteiger partial charge in [0, 0.05) is 25.7 Å². The molecule has 0 spiro atoms. The fourth-order valence-electron chi connectivity index (χ4n) is 13.2. The van der Waals surface area contributed by atoms with Crippen LogP contribution in [0.2, 0.25) is 0 Å². The minimum absolute atomic E-state index is 0.107. The Morgan fingerprint density at radius 2 is 0.442 bits per heavy atom. The lowest BCUT2D eigenvalue weighted by atomic mass is 10.0. The van der Waals surface area contributed by atoms with Crippen LogP contribution in [0.15, 0.2) is 0 Å². The highest BCUT2D eigenvalue weighted by molar-refractivity contribution is 7.47. The molecule has 0 amide bonds. The van der Waals surface area contributed by atoms with Crippen LogP contribution in [0.25, 0.3) is 0 Å². The first-order chi connectivity index (χ1) is 50.4. The molecular formula is C85H166O17P2. The molecule has 0 saturated heterocycles. The molecule has 2 unspecified atom stereocenters. The summed E-state index contributed by atoms with van der Waals surface area (Å²) < 4.78 is 68.8. The van der Waals surface area contributed by atoms with Crippen LogP contribution in [-0.2, 0) is 65.4 Å². The van der Waals surface area contributed by atoms with E-state index < -0.39 is 97.5 Å². The van der Waals surface area contributed by atoms with E-state index >= 15 is 0 Å². The van der Waals surface area contributed by atoms with Crippen molar-refractivity contribution in [2.45, 2.75) is 471 Å². The normalized spacial score (nSPS) is 13.8. The number of hydrogen-bond donors (Lipinski definition) is 3. The maximum absolute atomic E-state index is 13.1. The van der Waals surface area contributed by atoms with Crippen molar-refractivity contribution < 1.29 is 80.2 Å². The molecule has 0 aliphatic rings. The fraction of sp³-hybridized carbons (Fsp3) is 0.953. The summed E-state index contributed by atoms with van der Waals surface area (Å²) in [4.78, 5) is 73.1. The fourth-order valence-corrected chi connectivity index (χ4v) is 14.8. The number of ether oxygens (including phenoxy) is 4. The first-order valence-electron chi connectivity index (χ1n) is 44.0. The second kappa shape index (κ2) is 76.4. The number of unbranched alkanes of at least 4 members (excludes halogenated alkanes) is 54. The van der Waals surface area contributed by atoms with Crippen LogP contribution in [0.1, 0.15) is 452 Å². The lowest BCUT2D eigenvalue weighted by Gasteiger charge is -2.21. The molecule has 0 fully saturated rings. The largest absolute Gasteiger partial charge is 0.472 e. The first-order valence-corrected chi connectivity index (χ1v) is 47.0. The standard InChI is InChI=1S/C85H166O17P2/c1-7-9-11-13-15-17-18-19-20-21-22-23-27-30-33-38-44-50-56-62-68-83(88)96-74-81(102-84(89)69-63-57-51-45-39-34-31-28-25-24-26-29-32-36-42-47-53-59-65-77(3)4)76-100-104(93,94)98-72-79(86)71-97-103(91,92)99-75-80(73-95-82(87)67-61-55-49-41-16-14-12-10-8-2)101-85(90)70-64-58-52-46-40-35-37-43-48-54-60-66-78(5)6/h77-81,86H,7-76H2,1-6H3,(H,91,92)(H,93,94)/t79-,80+,81+/m0/s1. The number of phosphoric acid groups is 2. The molecule has 17 nitrogen and oxygen atoms in total. The third-order valence-electron chi connectivity index (χ3n) is 20.0. The van der Waals surface area contributed by atoms with Gasteiger partial charge in [0.15, 0.2) is 12.2 Å². The Kier molecular flexibility index (Phi) is 75.0. The number of hydrogen-bond acceptors (Lipinski definition) is 15. The number of carbonyl (C=O) groups excluding carboxylic acids is 4. The molecule has 0 heterocycles. The van der Waals surface area contributed by atoms with Crippen LogP contribution < -0.4 is 0 Å². The van der Waals surface area contributed by atoms with Gasteiger partial charge < -0.3 is 33.8 Å². The van der Waals surface area contributed by atoms with E-state index in [1.165, 1.54) is 270 Å². The van der Waals surface area contributed by atoms with Gasteiger partial charge in [0.05, 0.1) is 26.4 Å². The molecule has 0 radical (unpaired) electrons. The number of rotatable bonds is 84. The Morgan fingerprint density at radius 1 is 0.260 bits per heavy atom. The zero-order chi connectivity index (χ0) is 76.4. The van der Waals surface area contributed by atoms with Gasteiger partial charge in [-0.1, -0.05) is 401 Å². The predicted octanol–water partition coefficient (Wildman–Crippen LogP) is 25.8. The lowest BCUT2D eigenvalue weighted by molar-refractivity contribution is -0.161. The molecule has 5 atom stereocenters. The molecule has 0 aromatic carbocycles. The monoisotopic (exact) mass is 1520 g/mol. The van der Waals surface area contributed by atoms with Crippen molar-refractivity contribution >= 4 is 39.5 Å². The average Bonchev–Trinajstić information content (AvgIpc) is 0.905. The van der Waals surface area contributed by atoms with Gasteiger partial charge in [-0.25, -0.2) is 9.13 Å². The van der Waals surface area contributed by atoms with Crippen molar-refractivity contribution in [3.63, 3.8) is 0 Å². The zero-order valence-corrected chi connectivity index (χ0v) is 70.1. The predicted molar refractivity (Wildman–Crippen MR) is 428 cm³/mol. The van der Waals surface area contributed by atoms with E-state index in [9.17, 15) is 43.2 Å². The summed E-state index contributed by atoms with van der Waals surface area (Å²) in [5.74, 6) is -0.520. The minimum atomic E-state index is -4.96. The van der Waals surface area contributed by atoms with Crippen molar-refractivity contribution in [1.29, 1.82) is 0 Å². The third kappa shape index (κ3) is 78.2. The molecule has 0 bridgehead atoms. The first kappa shape index (κ1) is 102. The topological polar surface area (TPSA) is 237 Å². The minimum Gasteiger partial charge on any atom is -0.462 e. The smallest absolute Gasteiger partial charge is 0.462 e. The average molecular weight is 1520 g/mol. The van der Waals surface area contributed by atoms with E-state index in [0.717, 1.165) is 102 Å². The van der Waals surface area contributed by atoms with Crippen LogP contribution in [0.3, 0.4) is 0 Å². The van der Waals surface area contributed by atoms with Crippen LogP contribution in [0.4, 0.5) is 0 Å². The maximum Gasteiger partial charge on any atom is 0.472 e. The van der Waals surface area contributed by atoms with Gasteiger partial charge in [-0.3, -0.25) is 37.3 Å². The summed E-state index contributed by atoms with van der Waals surface area (Å²) in [5.41, 5.74) is 0. The molecule has 3 N–H and O–H groups in total. The van der Waals surface area contributed by atoms with Crippen molar-refractivity contribution in [2.75, 3.05) is 39.6 Å². The van der Waals surface area contributed by atoms with E-state index in [0.29, 0.717) is 25.7 Å². The Bertz CT molecular complexity index is 1990. The van der Waals surface area contributed by atoms with Crippen LogP contribution >= 0.6 is 15.6 Å². The molecule has 19 heteroatoms. The molecular weight excluding hydrogens is 1350 g/mol. The molecule has 0 rings (SSSR count). The molecule has 104 heavy (non-hydrogen) atoms. The van der Waals surface area contributed by atoms with E-state index in [2.05, 4.69) is 41.5 Å². The van der Waals surface area contributed by atoms with Crippen LogP contribution in [0.5, 0.6) is 0 Å². The highest BCUT2D eigenvalue weighted by Gasteiger charge is 2.30. The number of phosphoric ester groups is 2. The summed E-state index contributed by atoms with van der Waals surface area (Å²) in [6.45, 7) is 9.68. The van der Waals surface area contributed by atoms with Gasteiger partial charge in [-0.15, -0.1) is 0 Å². The summed E-state index contributed by atoms with van der Waals surface area (Å²) in [5, 5.41) is 10.7. The zero-order valence-electron chi connectivity index (χ0n) is 68.3. The second-order valence-corrected chi connectivity index (χ2v) is 34.4. The van der Waals surface area contributed by atoms with Gasteiger partial charge in [0.2, 0.25) is 0 Å². The number of aliphatic hydroxyl groups excluding tert-OH is 1. The SMILES string of the molecule is CCCCCCCCCCCCCCCCCCCCCCC(=O)OC[C@H](COP(=O)(O)OC[C@@H](O)COP(=O)(O)OC[C@@H](COC(=O)CCCCCCCCCCC)OC(=O)CCCCCCCCCCCCCC(C)C)OC(=O)CCCCCCCCCCCCCCCCCCCCC(C)C. The number of carbonyl (C=O) groups is 4. The summed E-state index contributed by atoms with van der Waals surface area (Å²) in [6, 6.07) is 0. The van der Waals surface area contributed by atoms with Crippen molar-refractivity contribution in [1.82, 2.24) is 0 Å². The Balaban J connectivity index is 5.20. The van der Waals surface area contributed by atoms with E-state index in [-0.39, 0.29) is 25.7 Å². The second-order valence-electron chi connectivity index (χ2n) is 31.5. The molecule has 0 saturated carbocycles. The van der Waals surface area contributed by atoms with Gasteiger partial charge in [0.1, 0.15) is 19.3 Å². The molecule has 0 aromatic heterocycles. The molecule has 0 aliphatic heterocycles. The third-order valence-corrected chi connectivity index (χ3v) is 21.9. The Hall–Kier alpha value is -1.94. The highest BCUT2D eigenvalue weighted by Crippen LogP contribution is 2.45. The van der Waals surface area contributed by atoms with Crippen molar-refractivity contribution in [3.05, 3.63) is 0 Å². The van der Waals surface area contributed by atoms with Crippen LogP contribution in [-0.4, -0.2) is 96.7 Å². The van der Waals surface area contributed by atoms with Gasteiger partial charge in [-0.2, -0.15) is 0 Å². The van der Waals surface area contributed by atoms with Gasteiger partial charge in [0.25, 0.3) is 0 Å². The van der Waals surface area contributed by atoms with E-state index in [1.807, 2.05) is 0 Å². The molecule has 0 aliphatic carbocycles. The van der Waals surface area contributed by atoms with E-state index in [4.69, 9.17) is 37.0 Å². The van der Waals surface area contributed by atoms with Crippen molar-refractivity contribution in [3.8, 4) is 0 Å². The summed E-state index contributed by atoms with van der Waals surface area (Å²) >= 11 is 0. The summed E-state index contributed by atoms with van der Waals surface area (Å²) in [7, 11) is -9.92. The van der Waals surface area contributed by atoms with Gasteiger partial charge in [-0.05, 0) is 37.5 Å². The highest BCUT2D eigenvalue weighted by atomic mass is 31.2. The quantitative estimate of drug-likeness (QED) is 0.0222. The molecule has 618 valence electrons. The number of aliphatic hydroxyl groups is 1. The van der Waals surface area contributed by atoms with E-state index in [1.54, 1.807) is 0 Å².